The van der Waals surface area contributed by atoms with E-state index in [1.165, 1.54) is 0 Å². The van der Waals surface area contributed by atoms with E-state index in [1.54, 1.807) is 14.2 Å². The number of rotatable bonds is 7. The highest BCUT2D eigenvalue weighted by Gasteiger charge is 2.41. The Balaban J connectivity index is 2.03. The van der Waals surface area contributed by atoms with Crippen molar-refractivity contribution >= 4 is 0 Å². The molecule has 1 aliphatic rings. The number of nitrogens with one attached hydrogen (secondary N) is 1. The van der Waals surface area contributed by atoms with Crippen LogP contribution in [0.1, 0.15) is 31.4 Å². The van der Waals surface area contributed by atoms with Crippen molar-refractivity contribution in [3.63, 3.8) is 0 Å². The van der Waals surface area contributed by atoms with Crippen LogP contribution in [0.2, 0.25) is 0 Å². The smallest absolute Gasteiger partial charge is 0.127 e. The molecule has 4 heteroatoms. The van der Waals surface area contributed by atoms with Crippen LogP contribution in [-0.4, -0.2) is 32.5 Å². The first-order chi connectivity index (χ1) is 9.14. The van der Waals surface area contributed by atoms with Gasteiger partial charge in [-0.15, -0.1) is 0 Å². The molecule has 1 aromatic rings. The third kappa shape index (κ3) is 3.19. The number of hydrogen-bond acceptors (Lipinski definition) is 4. The molecule has 1 unspecified atom stereocenters. The Morgan fingerprint density at radius 1 is 1.32 bits per heavy atom. The van der Waals surface area contributed by atoms with Gasteiger partial charge in [0.05, 0.1) is 14.2 Å². The van der Waals surface area contributed by atoms with Gasteiger partial charge in [0.2, 0.25) is 0 Å². The Hall–Kier alpha value is -1.26. The summed E-state index contributed by atoms with van der Waals surface area (Å²) in [6, 6.07) is 6.04. The molecule has 106 valence electrons. The highest BCUT2D eigenvalue weighted by atomic mass is 16.5. The highest BCUT2D eigenvalue weighted by Crippen LogP contribution is 2.44. The Morgan fingerprint density at radius 3 is 2.58 bits per heavy atom. The van der Waals surface area contributed by atoms with Crippen LogP contribution in [0.15, 0.2) is 18.2 Å². The maximum absolute atomic E-state index is 9.33. The second-order valence-corrected chi connectivity index (χ2v) is 5.37. The van der Waals surface area contributed by atoms with Crippen LogP contribution < -0.4 is 14.8 Å². The summed E-state index contributed by atoms with van der Waals surface area (Å²) in [6.45, 7) is 3.23. The van der Waals surface area contributed by atoms with Crippen molar-refractivity contribution in [2.75, 3.05) is 27.4 Å². The summed E-state index contributed by atoms with van der Waals surface area (Å²) in [7, 11) is 3.31. The maximum Gasteiger partial charge on any atom is 0.127 e. The van der Waals surface area contributed by atoms with Crippen LogP contribution in [0.25, 0.3) is 0 Å². The average Bonchev–Trinajstić information content (AvgIpc) is 3.24. The quantitative estimate of drug-likeness (QED) is 0.793. The van der Waals surface area contributed by atoms with Gasteiger partial charge >= 0.3 is 0 Å². The fraction of sp³-hybridized carbons (Fsp3) is 0.600. The van der Waals surface area contributed by atoms with Gasteiger partial charge in [-0.3, -0.25) is 0 Å². The van der Waals surface area contributed by atoms with E-state index in [1.807, 2.05) is 18.2 Å². The second kappa shape index (κ2) is 5.80. The Labute approximate surface area is 114 Å². The third-order valence-electron chi connectivity index (χ3n) is 3.98. The van der Waals surface area contributed by atoms with Gasteiger partial charge in [0.1, 0.15) is 11.5 Å². The molecule has 0 aliphatic heterocycles. The predicted octanol–water partition coefficient (Wildman–Crippen LogP) is 2.13. The summed E-state index contributed by atoms with van der Waals surface area (Å²) in [5.41, 5.74) is 1.23. The SMILES string of the molecule is COc1ccc(C(C)NCC2(CO)CC2)c(OC)c1. The van der Waals surface area contributed by atoms with Crippen LogP contribution in [0, 0.1) is 5.41 Å². The summed E-state index contributed by atoms with van der Waals surface area (Å²) in [5, 5.41) is 12.8. The highest BCUT2D eigenvalue weighted by molar-refractivity contribution is 5.42. The molecule has 1 aliphatic carbocycles. The summed E-state index contributed by atoms with van der Waals surface area (Å²) < 4.78 is 10.6. The zero-order chi connectivity index (χ0) is 13.9. The molecule has 1 atom stereocenters. The fourth-order valence-corrected chi connectivity index (χ4v) is 2.22. The second-order valence-electron chi connectivity index (χ2n) is 5.37. The van der Waals surface area contributed by atoms with Crippen molar-refractivity contribution in [2.24, 2.45) is 5.41 Å². The monoisotopic (exact) mass is 265 g/mol. The molecule has 0 heterocycles. The van der Waals surface area contributed by atoms with Crippen molar-refractivity contribution < 1.29 is 14.6 Å². The van der Waals surface area contributed by atoms with Crippen molar-refractivity contribution in [3.05, 3.63) is 23.8 Å². The summed E-state index contributed by atoms with van der Waals surface area (Å²) in [6.07, 6.45) is 2.23. The van der Waals surface area contributed by atoms with Crippen LogP contribution in [-0.2, 0) is 0 Å². The van der Waals surface area contributed by atoms with Gasteiger partial charge in [0, 0.05) is 36.2 Å². The molecule has 0 spiro atoms. The van der Waals surface area contributed by atoms with E-state index in [9.17, 15) is 5.11 Å². The van der Waals surface area contributed by atoms with Gasteiger partial charge in [-0.25, -0.2) is 0 Å². The average molecular weight is 265 g/mol. The molecular weight excluding hydrogens is 242 g/mol. The minimum absolute atomic E-state index is 0.119. The van der Waals surface area contributed by atoms with E-state index >= 15 is 0 Å². The topological polar surface area (TPSA) is 50.7 Å². The number of benzene rings is 1. The molecule has 1 saturated carbocycles. The lowest BCUT2D eigenvalue weighted by Gasteiger charge is -2.21. The predicted molar refractivity (Wildman–Crippen MR) is 74.7 cm³/mol. The van der Waals surface area contributed by atoms with E-state index < -0.39 is 0 Å². The molecule has 1 fully saturated rings. The molecule has 0 radical (unpaired) electrons. The van der Waals surface area contributed by atoms with Crippen molar-refractivity contribution in [2.45, 2.75) is 25.8 Å². The standard InChI is InChI=1S/C15H23NO3/c1-11(16-9-15(10-17)6-7-15)13-5-4-12(18-2)8-14(13)19-3/h4-5,8,11,16-17H,6-7,9-10H2,1-3H3. The number of aliphatic hydroxyl groups excluding tert-OH is 1. The minimum atomic E-state index is 0.119. The van der Waals surface area contributed by atoms with Crippen molar-refractivity contribution in [1.29, 1.82) is 0 Å². The number of hydrogen-bond donors (Lipinski definition) is 2. The molecule has 2 N–H and O–H groups in total. The van der Waals surface area contributed by atoms with Crippen LogP contribution >= 0.6 is 0 Å². The molecule has 4 nitrogen and oxygen atoms in total. The molecular formula is C15H23NO3. The van der Waals surface area contributed by atoms with Crippen LogP contribution in [0.4, 0.5) is 0 Å². The first-order valence-electron chi connectivity index (χ1n) is 6.70. The largest absolute Gasteiger partial charge is 0.497 e. The van der Waals surface area contributed by atoms with E-state index in [0.29, 0.717) is 0 Å². The zero-order valence-electron chi connectivity index (χ0n) is 11.9. The van der Waals surface area contributed by atoms with E-state index in [-0.39, 0.29) is 18.1 Å². The summed E-state index contributed by atoms with van der Waals surface area (Å²) in [4.78, 5) is 0. The molecule has 0 amide bonds. The number of methoxy groups -OCH3 is 2. The summed E-state index contributed by atoms with van der Waals surface area (Å²) in [5.74, 6) is 1.62. The van der Waals surface area contributed by atoms with Crippen LogP contribution in [0.5, 0.6) is 11.5 Å². The molecule has 0 saturated heterocycles. The lowest BCUT2D eigenvalue weighted by atomic mass is 10.0. The normalized spacial score (nSPS) is 17.9. The van der Waals surface area contributed by atoms with Crippen molar-refractivity contribution in [1.82, 2.24) is 5.32 Å². The van der Waals surface area contributed by atoms with E-state index in [4.69, 9.17) is 9.47 Å². The number of ether oxygens (including phenoxy) is 2. The van der Waals surface area contributed by atoms with Crippen LogP contribution in [0.3, 0.4) is 0 Å². The lowest BCUT2D eigenvalue weighted by Crippen LogP contribution is -2.29. The molecule has 2 rings (SSSR count). The maximum atomic E-state index is 9.33. The van der Waals surface area contributed by atoms with Gasteiger partial charge in [0.15, 0.2) is 0 Å². The fourth-order valence-electron chi connectivity index (χ4n) is 2.22. The van der Waals surface area contributed by atoms with E-state index in [2.05, 4.69) is 12.2 Å². The van der Waals surface area contributed by atoms with Gasteiger partial charge < -0.3 is 19.9 Å². The summed E-state index contributed by atoms with van der Waals surface area (Å²) >= 11 is 0. The Kier molecular flexibility index (Phi) is 4.32. The molecule has 0 bridgehead atoms. The first kappa shape index (κ1) is 14.2. The van der Waals surface area contributed by atoms with Gasteiger partial charge in [-0.2, -0.15) is 0 Å². The minimum Gasteiger partial charge on any atom is -0.497 e. The Bertz CT molecular complexity index is 429. The first-order valence-corrected chi connectivity index (χ1v) is 6.70. The van der Waals surface area contributed by atoms with Gasteiger partial charge in [0.25, 0.3) is 0 Å². The zero-order valence-corrected chi connectivity index (χ0v) is 11.9. The molecule has 1 aromatic carbocycles. The molecule has 0 aromatic heterocycles. The van der Waals surface area contributed by atoms with Gasteiger partial charge in [-0.1, -0.05) is 6.07 Å². The third-order valence-corrected chi connectivity index (χ3v) is 3.98. The van der Waals surface area contributed by atoms with E-state index in [0.717, 1.165) is 36.4 Å². The Morgan fingerprint density at radius 2 is 2.05 bits per heavy atom. The van der Waals surface area contributed by atoms with Crippen molar-refractivity contribution in [3.8, 4) is 11.5 Å². The lowest BCUT2D eigenvalue weighted by molar-refractivity contribution is 0.204. The number of aliphatic hydroxyl groups is 1. The van der Waals surface area contributed by atoms with Gasteiger partial charge in [-0.05, 0) is 25.8 Å². The molecule has 19 heavy (non-hydrogen) atoms.